The van der Waals surface area contributed by atoms with Crippen molar-refractivity contribution in [3.8, 4) is 0 Å². The van der Waals surface area contributed by atoms with Crippen LogP contribution in [0.1, 0.15) is 36.5 Å². The van der Waals surface area contributed by atoms with E-state index in [-0.39, 0.29) is 24.7 Å². The Morgan fingerprint density at radius 1 is 1.04 bits per heavy atom. The fourth-order valence-electron chi connectivity index (χ4n) is 3.39. The third kappa shape index (κ3) is 3.84. The number of benzene rings is 2. The van der Waals surface area contributed by atoms with Gasteiger partial charge in [-0.15, -0.1) is 0 Å². The number of nitrogens with one attached hydrogen (secondary N) is 2. The van der Waals surface area contributed by atoms with Gasteiger partial charge in [0.2, 0.25) is 11.8 Å². The topological polar surface area (TPSA) is 113 Å². The van der Waals surface area contributed by atoms with Gasteiger partial charge in [-0.25, -0.2) is 0 Å². The predicted octanol–water partition coefficient (Wildman–Crippen LogP) is 1.70. The highest BCUT2D eigenvalue weighted by atomic mass is 16.2. The Kier molecular flexibility index (Phi) is 5.96. The number of nitrogens with zero attached hydrogens (tertiary/aromatic N) is 1. The summed E-state index contributed by atoms with van der Waals surface area (Å²) in [5, 5.41) is 2.72. The monoisotopic (exact) mass is 379 g/mol. The van der Waals surface area contributed by atoms with E-state index in [1.807, 2.05) is 55.5 Å². The molecule has 0 saturated heterocycles. The molecule has 6 N–H and O–H groups in total. The highest BCUT2D eigenvalue weighted by molar-refractivity contribution is 6.01. The molecule has 3 rings (SSSR count). The van der Waals surface area contributed by atoms with Crippen molar-refractivity contribution in [3.05, 3.63) is 65.2 Å². The van der Waals surface area contributed by atoms with E-state index in [0.717, 1.165) is 16.7 Å². The van der Waals surface area contributed by atoms with Crippen LogP contribution in [0, 0.1) is 0 Å². The first kappa shape index (κ1) is 19.4. The summed E-state index contributed by atoms with van der Waals surface area (Å²) in [6.45, 7) is 2.76. The molecule has 7 nitrogen and oxygen atoms in total. The van der Waals surface area contributed by atoms with Crippen molar-refractivity contribution in [1.29, 1.82) is 0 Å². The lowest BCUT2D eigenvalue weighted by Crippen LogP contribution is -2.35. The molecular formula is C21H25N5O2. The zero-order chi connectivity index (χ0) is 20.1. The van der Waals surface area contributed by atoms with E-state index in [4.69, 9.17) is 11.6 Å². The molecule has 0 bridgehead atoms. The molecule has 0 fully saturated rings. The fraction of sp³-hybridized carbons (Fsp3) is 0.238. The zero-order valence-corrected chi connectivity index (χ0v) is 15.9. The molecule has 2 amide bonds. The van der Waals surface area contributed by atoms with E-state index >= 15 is 0 Å². The van der Waals surface area contributed by atoms with Crippen LogP contribution in [0.15, 0.2) is 48.5 Å². The zero-order valence-electron chi connectivity index (χ0n) is 15.9. The van der Waals surface area contributed by atoms with Gasteiger partial charge in [0, 0.05) is 30.5 Å². The molecule has 0 radical (unpaired) electrons. The SMILES string of the molecule is CCNC(=O)CCC(=O)N1Cc2ccccc2/C(NN)=C(/N)c2ccccc21. The number of hydrogen-bond acceptors (Lipinski definition) is 5. The molecule has 2 aromatic carbocycles. The molecule has 0 saturated carbocycles. The molecule has 146 valence electrons. The Hall–Kier alpha value is -3.32. The Morgan fingerprint density at radius 2 is 1.71 bits per heavy atom. The maximum Gasteiger partial charge on any atom is 0.227 e. The van der Waals surface area contributed by atoms with E-state index < -0.39 is 0 Å². The first-order chi connectivity index (χ1) is 13.6. The van der Waals surface area contributed by atoms with Gasteiger partial charge in [0.1, 0.15) is 0 Å². The molecular weight excluding hydrogens is 354 g/mol. The third-order valence-corrected chi connectivity index (χ3v) is 4.75. The summed E-state index contributed by atoms with van der Waals surface area (Å²) >= 11 is 0. The molecule has 1 heterocycles. The largest absolute Gasteiger partial charge is 0.396 e. The normalized spacial score (nSPS) is 15.7. The molecule has 7 heteroatoms. The van der Waals surface area contributed by atoms with Gasteiger partial charge in [-0.1, -0.05) is 42.5 Å². The number of hydrazine groups is 1. The summed E-state index contributed by atoms with van der Waals surface area (Å²) in [6, 6.07) is 15.1. The third-order valence-electron chi connectivity index (χ3n) is 4.75. The number of anilines is 1. The minimum atomic E-state index is -0.134. The van der Waals surface area contributed by atoms with Gasteiger partial charge in [0.25, 0.3) is 0 Å². The van der Waals surface area contributed by atoms with Crippen LogP contribution in [0.25, 0.3) is 11.4 Å². The lowest BCUT2D eigenvalue weighted by Gasteiger charge is -2.30. The minimum Gasteiger partial charge on any atom is -0.396 e. The Balaban J connectivity index is 2.05. The van der Waals surface area contributed by atoms with Crippen molar-refractivity contribution in [2.45, 2.75) is 26.3 Å². The minimum absolute atomic E-state index is 0.119. The highest BCUT2D eigenvalue weighted by Crippen LogP contribution is 2.34. The molecule has 1 aliphatic heterocycles. The number of fused-ring (bicyclic) bond motifs is 2. The molecule has 0 aliphatic carbocycles. The van der Waals surface area contributed by atoms with Crippen LogP contribution in [0.4, 0.5) is 5.69 Å². The van der Waals surface area contributed by atoms with Gasteiger partial charge in [-0.2, -0.15) is 0 Å². The molecule has 0 unspecified atom stereocenters. The number of carbonyl (C=O) groups is 2. The van der Waals surface area contributed by atoms with Crippen molar-refractivity contribution < 1.29 is 9.59 Å². The molecule has 0 aromatic heterocycles. The van der Waals surface area contributed by atoms with Crippen LogP contribution < -0.4 is 27.2 Å². The van der Waals surface area contributed by atoms with Gasteiger partial charge < -0.3 is 21.4 Å². The van der Waals surface area contributed by atoms with Crippen LogP contribution in [0.3, 0.4) is 0 Å². The first-order valence-corrected chi connectivity index (χ1v) is 9.28. The van der Waals surface area contributed by atoms with Crippen molar-refractivity contribution in [1.82, 2.24) is 10.7 Å². The van der Waals surface area contributed by atoms with Crippen LogP contribution in [0.5, 0.6) is 0 Å². The average molecular weight is 379 g/mol. The standard InChI is InChI=1S/C21H25N5O2/c1-2-24-18(27)11-12-19(28)26-13-14-7-3-4-8-15(14)21(25-23)20(22)16-9-5-6-10-17(16)26/h3-10,25H,2,11-13,22-23H2,1H3,(H,24,27)/b21-20-. The van der Waals surface area contributed by atoms with E-state index in [9.17, 15) is 9.59 Å². The predicted molar refractivity (Wildman–Crippen MR) is 110 cm³/mol. The van der Waals surface area contributed by atoms with E-state index in [1.165, 1.54) is 0 Å². The van der Waals surface area contributed by atoms with Gasteiger partial charge >= 0.3 is 0 Å². The Morgan fingerprint density at radius 3 is 2.43 bits per heavy atom. The summed E-state index contributed by atoms with van der Waals surface area (Å²) in [5.74, 6) is 5.51. The lowest BCUT2D eigenvalue weighted by molar-refractivity contribution is -0.125. The summed E-state index contributed by atoms with van der Waals surface area (Å²) in [5.41, 5.74) is 13.4. The van der Waals surface area contributed by atoms with Crippen molar-refractivity contribution in [3.63, 3.8) is 0 Å². The number of amides is 2. The molecule has 1 aliphatic rings. The Labute approximate surface area is 164 Å². The maximum atomic E-state index is 13.1. The smallest absolute Gasteiger partial charge is 0.227 e. The average Bonchev–Trinajstić information content (AvgIpc) is 2.71. The van der Waals surface area contributed by atoms with Crippen molar-refractivity contribution in [2.24, 2.45) is 11.6 Å². The van der Waals surface area contributed by atoms with Gasteiger partial charge in [0.15, 0.2) is 0 Å². The van der Waals surface area contributed by atoms with Gasteiger partial charge in [-0.05, 0) is 18.6 Å². The summed E-state index contributed by atoms with van der Waals surface area (Å²) in [6.07, 6.45) is 0.266. The van der Waals surface area contributed by atoms with Crippen LogP contribution in [0.2, 0.25) is 0 Å². The van der Waals surface area contributed by atoms with Crippen molar-refractivity contribution >= 4 is 28.9 Å². The van der Waals surface area contributed by atoms with Gasteiger partial charge in [-0.3, -0.25) is 15.4 Å². The highest BCUT2D eigenvalue weighted by Gasteiger charge is 2.25. The lowest BCUT2D eigenvalue weighted by atomic mass is 9.96. The van der Waals surface area contributed by atoms with E-state index in [2.05, 4.69) is 10.7 Å². The first-order valence-electron chi connectivity index (χ1n) is 9.28. The second kappa shape index (κ2) is 8.58. The van der Waals surface area contributed by atoms with Crippen LogP contribution in [-0.2, 0) is 16.1 Å². The molecule has 28 heavy (non-hydrogen) atoms. The van der Waals surface area contributed by atoms with E-state index in [0.29, 0.717) is 30.2 Å². The van der Waals surface area contributed by atoms with Crippen molar-refractivity contribution in [2.75, 3.05) is 11.4 Å². The summed E-state index contributed by atoms with van der Waals surface area (Å²) in [4.78, 5) is 26.5. The number of rotatable bonds is 5. The van der Waals surface area contributed by atoms with Crippen LogP contribution >= 0.6 is 0 Å². The number of carbonyl (C=O) groups excluding carboxylic acids is 2. The molecule has 0 spiro atoms. The maximum absolute atomic E-state index is 13.1. The number of nitrogens with two attached hydrogens (primary N) is 2. The summed E-state index contributed by atoms with van der Waals surface area (Å²) < 4.78 is 0. The second-order valence-corrected chi connectivity index (χ2v) is 6.54. The number of para-hydroxylation sites is 1. The molecule has 2 aromatic rings. The number of hydrogen-bond donors (Lipinski definition) is 4. The Bertz CT molecular complexity index is 923. The van der Waals surface area contributed by atoms with Crippen LogP contribution in [-0.4, -0.2) is 18.4 Å². The quantitative estimate of drug-likeness (QED) is 0.466. The fourth-order valence-corrected chi connectivity index (χ4v) is 3.39. The van der Waals surface area contributed by atoms with Gasteiger partial charge in [0.05, 0.1) is 23.6 Å². The summed E-state index contributed by atoms with van der Waals surface area (Å²) in [7, 11) is 0. The molecule has 0 atom stereocenters. The van der Waals surface area contributed by atoms with E-state index in [1.54, 1.807) is 4.90 Å². The second-order valence-electron chi connectivity index (χ2n) is 6.54.